The summed E-state index contributed by atoms with van der Waals surface area (Å²) in [4.78, 5) is 2.78. The Balaban J connectivity index is 2.01. The Morgan fingerprint density at radius 3 is 2.32 bits per heavy atom. The molecular weight excluding hydrogens is 232 g/mol. The SMILES string of the molecule is CCCCN(C1CC1)C1CC(C(C)(C)C)CCC1N. The van der Waals surface area contributed by atoms with Crippen molar-refractivity contribution in [2.75, 3.05) is 6.54 Å². The van der Waals surface area contributed by atoms with Crippen LogP contribution < -0.4 is 5.73 Å². The first-order valence-corrected chi connectivity index (χ1v) is 8.44. The number of nitrogens with zero attached hydrogens (tertiary/aromatic N) is 1. The third-order valence-electron chi connectivity index (χ3n) is 5.31. The number of nitrogens with two attached hydrogens (primary N) is 1. The van der Waals surface area contributed by atoms with Crippen molar-refractivity contribution in [3.63, 3.8) is 0 Å². The molecule has 0 saturated heterocycles. The van der Waals surface area contributed by atoms with Crippen LogP contribution >= 0.6 is 0 Å². The van der Waals surface area contributed by atoms with Crippen LogP contribution in [-0.2, 0) is 0 Å². The van der Waals surface area contributed by atoms with E-state index in [-0.39, 0.29) is 0 Å². The lowest BCUT2D eigenvalue weighted by atomic mass is 9.69. The van der Waals surface area contributed by atoms with Crippen LogP contribution in [0.1, 0.15) is 72.6 Å². The molecule has 0 radical (unpaired) electrons. The van der Waals surface area contributed by atoms with E-state index in [1.54, 1.807) is 0 Å². The first kappa shape index (κ1) is 15.3. The van der Waals surface area contributed by atoms with Gasteiger partial charge < -0.3 is 5.73 Å². The molecule has 0 aromatic carbocycles. The quantitative estimate of drug-likeness (QED) is 0.820. The predicted octanol–water partition coefficient (Wildman–Crippen LogP) is 3.79. The van der Waals surface area contributed by atoms with Crippen LogP contribution in [0.25, 0.3) is 0 Å². The van der Waals surface area contributed by atoms with E-state index in [1.807, 2.05) is 0 Å². The minimum absolute atomic E-state index is 0.413. The second kappa shape index (κ2) is 6.13. The molecule has 2 saturated carbocycles. The Hall–Kier alpha value is -0.0800. The highest BCUT2D eigenvalue weighted by molar-refractivity contribution is 4.97. The maximum absolute atomic E-state index is 6.48. The van der Waals surface area contributed by atoms with Gasteiger partial charge in [-0.15, -0.1) is 0 Å². The molecule has 2 aliphatic carbocycles. The highest BCUT2D eigenvalue weighted by Gasteiger charge is 2.41. The van der Waals surface area contributed by atoms with Crippen molar-refractivity contribution in [2.24, 2.45) is 17.1 Å². The highest BCUT2D eigenvalue weighted by atomic mass is 15.2. The van der Waals surface area contributed by atoms with Gasteiger partial charge in [0.05, 0.1) is 0 Å². The molecule has 2 aliphatic rings. The maximum Gasteiger partial charge on any atom is 0.0252 e. The van der Waals surface area contributed by atoms with E-state index < -0.39 is 0 Å². The summed E-state index contributed by atoms with van der Waals surface area (Å²) in [6.07, 6.45) is 9.33. The molecule has 2 heteroatoms. The monoisotopic (exact) mass is 266 g/mol. The maximum atomic E-state index is 6.48. The fraction of sp³-hybridized carbons (Fsp3) is 1.00. The zero-order valence-corrected chi connectivity index (χ0v) is 13.5. The van der Waals surface area contributed by atoms with Gasteiger partial charge in [0.1, 0.15) is 0 Å². The van der Waals surface area contributed by atoms with Gasteiger partial charge in [-0.05, 0) is 56.4 Å². The number of rotatable bonds is 5. The summed E-state index contributed by atoms with van der Waals surface area (Å²) in [5.74, 6) is 0.847. The molecule has 0 spiro atoms. The van der Waals surface area contributed by atoms with Crippen LogP contribution in [-0.4, -0.2) is 29.6 Å². The zero-order valence-electron chi connectivity index (χ0n) is 13.5. The van der Waals surface area contributed by atoms with Crippen LogP contribution in [0, 0.1) is 11.3 Å². The molecule has 2 N–H and O–H groups in total. The van der Waals surface area contributed by atoms with Crippen molar-refractivity contribution in [1.29, 1.82) is 0 Å². The Labute approximate surface area is 120 Å². The van der Waals surface area contributed by atoms with Crippen molar-refractivity contribution in [1.82, 2.24) is 4.90 Å². The molecule has 2 nitrogen and oxygen atoms in total. The van der Waals surface area contributed by atoms with Crippen molar-refractivity contribution in [3.8, 4) is 0 Å². The van der Waals surface area contributed by atoms with Gasteiger partial charge in [0, 0.05) is 18.1 Å². The van der Waals surface area contributed by atoms with Crippen LogP contribution in [0.15, 0.2) is 0 Å². The third kappa shape index (κ3) is 3.95. The summed E-state index contributed by atoms with van der Waals surface area (Å²) < 4.78 is 0. The van der Waals surface area contributed by atoms with Crippen LogP contribution in [0.4, 0.5) is 0 Å². The molecule has 112 valence electrons. The summed E-state index contributed by atoms with van der Waals surface area (Å²) >= 11 is 0. The van der Waals surface area contributed by atoms with E-state index in [1.165, 1.54) is 51.5 Å². The summed E-state index contributed by atoms with van der Waals surface area (Å²) in [5, 5.41) is 0. The first-order valence-electron chi connectivity index (χ1n) is 8.44. The molecule has 2 fully saturated rings. The number of hydrogen-bond acceptors (Lipinski definition) is 2. The lowest BCUT2D eigenvalue weighted by molar-refractivity contribution is 0.0633. The van der Waals surface area contributed by atoms with Gasteiger partial charge >= 0.3 is 0 Å². The van der Waals surface area contributed by atoms with Crippen molar-refractivity contribution in [2.45, 2.75) is 90.8 Å². The van der Waals surface area contributed by atoms with Gasteiger partial charge in [0.2, 0.25) is 0 Å². The zero-order chi connectivity index (χ0) is 14.0. The second-order valence-electron chi connectivity index (χ2n) is 7.93. The Morgan fingerprint density at radius 1 is 1.11 bits per heavy atom. The number of unbranched alkanes of at least 4 members (excludes halogenated alkanes) is 1. The Kier molecular flexibility index (Phi) is 4.94. The van der Waals surface area contributed by atoms with Gasteiger partial charge in [-0.1, -0.05) is 34.1 Å². The minimum atomic E-state index is 0.413. The molecule has 0 aromatic heterocycles. The Morgan fingerprint density at radius 2 is 1.79 bits per heavy atom. The molecule has 3 atom stereocenters. The van der Waals surface area contributed by atoms with Gasteiger partial charge in [-0.3, -0.25) is 4.90 Å². The van der Waals surface area contributed by atoms with Gasteiger partial charge in [0.25, 0.3) is 0 Å². The predicted molar refractivity (Wildman–Crippen MR) is 83.2 cm³/mol. The van der Waals surface area contributed by atoms with Crippen molar-refractivity contribution < 1.29 is 0 Å². The molecule has 2 rings (SSSR count). The Bertz CT molecular complexity index is 277. The molecule has 0 heterocycles. The van der Waals surface area contributed by atoms with Gasteiger partial charge in [-0.2, -0.15) is 0 Å². The van der Waals surface area contributed by atoms with E-state index >= 15 is 0 Å². The average Bonchev–Trinajstić information content (AvgIpc) is 3.14. The van der Waals surface area contributed by atoms with E-state index in [0.717, 1.165) is 12.0 Å². The molecule has 0 aromatic rings. The lowest BCUT2D eigenvalue weighted by Crippen LogP contribution is -2.53. The smallest absolute Gasteiger partial charge is 0.0252 e. The summed E-state index contributed by atoms with van der Waals surface area (Å²) in [7, 11) is 0. The standard InChI is InChI=1S/C17H34N2/c1-5-6-11-19(14-8-9-14)16-12-13(17(2,3)4)7-10-15(16)18/h13-16H,5-12,18H2,1-4H3. The van der Waals surface area contributed by atoms with Gasteiger partial charge in [-0.25, -0.2) is 0 Å². The topological polar surface area (TPSA) is 29.3 Å². The molecule has 0 aliphatic heterocycles. The van der Waals surface area contributed by atoms with E-state index in [2.05, 4.69) is 32.6 Å². The molecule has 19 heavy (non-hydrogen) atoms. The van der Waals surface area contributed by atoms with Crippen LogP contribution in [0.3, 0.4) is 0 Å². The van der Waals surface area contributed by atoms with Gasteiger partial charge in [0.15, 0.2) is 0 Å². The molecule has 3 unspecified atom stereocenters. The first-order chi connectivity index (χ1) is 8.93. The number of hydrogen-bond donors (Lipinski definition) is 1. The third-order valence-corrected chi connectivity index (χ3v) is 5.31. The molecular formula is C17H34N2. The normalized spacial score (nSPS) is 32.8. The molecule has 0 bridgehead atoms. The largest absolute Gasteiger partial charge is 0.326 e. The average molecular weight is 266 g/mol. The van der Waals surface area contributed by atoms with E-state index in [9.17, 15) is 0 Å². The van der Waals surface area contributed by atoms with E-state index in [0.29, 0.717) is 17.5 Å². The van der Waals surface area contributed by atoms with Crippen molar-refractivity contribution >= 4 is 0 Å². The highest BCUT2D eigenvalue weighted by Crippen LogP contribution is 2.41. The minimum Gasteiger partial charge on any atom is -0.326 e. The lowest BCUT2D eigenvalue weighted by Gasteiger charge is -2.45. The fourth-order valence-electron chi connectivity index (χ4n) is 3.70. The summed E-state index contributed by atoms with van der Waals surface area (Å²) in [6, 6.07) is 1.93. The van der Waals surface area contributed by atoms with Crippen LogP contribution in [0.5, 0.6) is 0 Å². The van der Waals surface area contributed by atoms with Crippen molar-refractivity contribution in [3.05, 3.63) is 0 Å². The van der Waals surface area contributed by atoms with E-state index in [4.69, 9.17) is 5.73 Å². The fourth-order valence-corrected chi connectivity index (χ4v) is 3.70. The van der Waals surface area contributed by atoms with Crippen LogP contribution in [0.2, 0.25) is 0 Å². The summed E-state index contributed by atoms with van der Waals surface area (Å²) in [6.45, 7) is 10.8. The summed E-state index contributed by atoms with van der Waals surface area (Å²) in [5.41, 5.74) is 6.92. The second-order valence-corrected chi connectivity index (χ2v) is 7.93. The molecule has 0 amide bonds.